The third-order valence-electron chi connectivity index (χ3n) is 2.14. The molecule has 0 radical (unpaired) electrons. The molecule has 0 bridgehead atoms. The van der Waals surface area contributed by atoms with Gasteiger partial charge in [-0.15, -0.1) is 0 Å². The van der Waals surface area contributed by atoms with E-state index in [4.69, 9.17) is 4.74 Å². The van der Waals surface area contributed by atoms with Gasteiger partial charge in [0.2, 0.25) is 0 Å². The Labute approximate surface area is 127 Å². The molecule has 0 aliphatic heterocycles. The Kier molecular flexibility index (Phi) is 5.78. The third-order valence-corrected chi connectivity index (χ3v) is 2.86. The van der Waals surface area contributed by atoms with Gasteiger partial charge in [-0.05, 0) is 67.6 Å². The molecule has 5 heteroatoms. The Morgan fingerprint density at radius 2 is 1.79 bits per heavy atom. The van der Waals surface area contributed by atoms with Gasteiger partial charge in [-0.3, -0.25) is 9.59 Å². The predicted molar refractivity (Wildman–Crippen MR) is 82.0 cm³/mol. The highest BCUT2D eigenvalue weighted by molar-refractivity contribution is 14.1. The summed E-state index contributed by atoms with van der Waals surface area (Å²) in [6.07, 6.45) is 0.174. The fraction of sp³-hybridized carbons (Fsp3) is 0.429. The van der Waals surface area contributed by atoms with Crippen molar-refractivity contribution in [3.63, 3.8) is 0 Å². The van der Waals surface area contributed by atoms with Crippen LogP contribution in [0.25, 0.3) is 0 Å². The first-order valence-corrected chi connectivity index (χ1v) is 7.11. The van der Waals surface area contributed by atoms with Crippen molar-refractivity contribution in [1.82, 2.24) is 5.32 Å². The number of hydrogen-bond acceptors (Lipinski definition) is 3. The van der Waals surface area contributed by atoms with Crippen LogP contribution < -0.4 is 5.32 Å². The maximum absolute atomic E-state index is 11.8. The van der Waals surface area contributed by atoms with Crippen LogP contribution in [0.3, 0.4) is 0 Å². The second kappa shape index (κ2) is 6.88. The molecule has 0 saturated carbocycles. The van der Waals surface area contributed by atoms with Gasteiger partial charge in [0.15, 0.2) is 0 Å². The maximum atomic E-state index is 11.8. The van der Waals surface area contributed by atoms with E-state index in [0.717, 1.165) is 3.57 Å². The summed E-state index contributed by atoms with van der Waals surface area (Å²) in [5, 5.41) is 2.69. The van der Waals surface area contributed by atoms with E-state index in [1.54, 1.807) is 12.1 Å². The maximum Gasteiger partial charge on any atom is 0.308 e. The lowest BCUT2D eigenvalue weighted by molar-refractivity contribution is -0.154. The number of carbonyl (C=O) groups is 2. The average Bonchev–Trinajstić information content (AvgIpc) is 2.27. The number of carbonyl (C=O) groups excluding carboxylic acids is 2. The van der Waals surface area contributed by atoms with Gasteiger partial charge in [-0.2, -0.15) is 0 Å². The summed E-state index contributed by atoms with van der Waals surface area (Å²) in [5.74, 6) is -0.490. The molecule has 0 saturated heterocycles. The molecule has 0 aromatic heterocycles. The Balaban J connectivity index is 2.35. The van der Waals surface area contributed by atoms with E-state index >= 15 is 0 Å². The number of ether oxygens (including phenoxy) is 1. The summed E-state index contributed by atoms with van der Waals surface area (Å²) in [4.78, 5) is 23.2. The molecule has 1 rings (SSSR count). The lowest BCUT2D eigenvalue weighted by atomic mass is 10.2. The second-order valence-electron chi connectivity index (χ2n) is 5.10. The van der Waals surface area contributed by atoms with Crippen molar-refractivity contribution in [3.05, 3.63) is 33.4 Å². The van der Waals surface area contributed by atoms with E-state index in [2.05, 4.69) is 27.9 Å². The summed E-state index contributed by atoms with van der Waals surface area (Å²) in [6.45, 7) is 5.72. The van der Waals surface area contributed by atoms with Crippen molar-refractivity contribution in [2.24, 2.45) is 0 Å². The normalized spacial score (nSPS) is 10.9. The van der Waals surface area contributed by atoms with Crippen LogP contribution in [0.2, 0.25) is 0 Å². The minimum Gasteiger partial charge on any atom is -0.460 e. The van der Waals surface area contributed by atoms with Gasteiger partial charge in [0.25, 0.3) is 5.91 Å². The van der Waals surface area contributed by atoms with E-state index in [1.165, 1.54) is 0 Å². The highest BCUT2D eigenvalue weighted by atomic mass is 127. The Hall–Kier alpha value is -1.11. The largest absolute Gasteiger partial charge is 0.460 e. The number of halogens is 1. The highest BCUT2D eigenvalue weighted by Crippen LogP contribution is 2.08. The van der Waals surface area contributed by atoms with Gasteiger partial charge >= 0.3 is 5.97 Å². The third kappa shape index (κ3) is 6.56. The molecule has 1 N–H and O–H groups in total. The van der Waals surface area contributed by atoms with Gasteiger partial charge < -0.3 is 10.1 Å². The molecule has 0 spiro atoms. The van der Waals surface area contributed by atoms with Crippen molar-refractivity contribution in [3.8, 4) is 0 Å². The Morgan fingerprint density at radius 1 is 1.21 bits per heavy atom. The molecule has 1 amide bonds. The molecule has 1 aromatic carbocycles. The second-order valence-corrected chi connectivity index (χ2v) is 6.34. The van der Waals surface area contributed by atoms with E-state index in [9.17, 15) is 9.59 Å². The quantitative estimate of drug-likeness (QED) is 0.651. The molecule has 19 heavy (non-hydrogen) atoms. The van der Waals surface area contributed by atoms with Crippen LogP contribution in [-0.4, -0.2) is 24.0 Å². The molecule has 0 atom stereocenters. The van der Waals surface area contributed by atoms with Crippen molar-refractivity contribution in [1.29, 1.82) is 0 Å². The number of hydrogen-bond donors (Lipinski definition) is 1. The number of amides is 1. The molecule has 0 unspecified atom stereocenters. The zero-order valence-electron chi connectivity index (χ0n) is 11.3. The van der Waals surface area contributed by atoms with Crippen LogP contribution in [0.5, 0.6) is 0 Å². The summed E-state index contributed by atoms with van der Waals surface area (Å²) in [6, 6.07) is 7.24. The topological polar surface area (TPSA) is 55.4 Å². The smallest absolute Gasteiger partial charge is 0.308 e. The van der Waals surface area contributed by atoms with Gasteiger partial charge in [-0.25, -0.2) is 0 Å². The Morgan fingerprint density at radius 3 is 2.32 bits per heavy atom. The first-order valence-electron chi connectivity index (χ1n) is 6.03. The molecule has 1 aromatic rings. The number of nitrogens with one attached hydrogen (secondary N) is 1. The molecule has 0 fully saturated rings. The fourth-order valence-corrected chi connectivity index (χ4v) is 1.73. The predicted octanol–water partition coefficient (Wildman–Crippen LogP) is 2.75. The van der Waals surface area contributed by atoms with E-state index < -0.39 is 5.60 Å². The molecule has 104 valence electrons. The van der Waals surface area contributed by atoms with Crippen molar-refractivity contribution >= 4 is 34.5 Å². The molecule has 0 heterocycles. The van der Waals surface area contributed by atoms with Gasteiger partial charge in [-0.1, -0.05) is 0 Å². The lowest BCUT2D eigenvalue weighted by Gasteiger charge is -2.19. The fourth-order valence-electron chi connectivity index (χ4n) is 1.37. The van der Waals surface area contributed by atoms with Crippen LogP contribution >= 0.6 is 22.6 Å². The van der Waals surface area contributed by atoms with Crippen molar-refractivity contribution < 1.29 is 14.3 Å². The van der Waals surface area contributed by atoms with E-state index in [1.807, 2.05) is 32.9 Å². The highest BCUT2D eigenvalue weighted by Gasteiger charge is 2.16. The summed E-state index contributed by atoms with van der Waals surface area (Å²) in [7, 11) is 0. The first kappa shape index (κ1) is 15.9. The molecule has 0 aliphatic carbocycles. The first-order chi connectivity index (χ1) is 8.78. The van der Waals surface area contributed by atoms with Gasteiger partial charge in [0.05, 0.1) is 6.42 Å². The average molecular weight is 375 g/mol. The minimum atomic E-state index is -0.489. The van der Waals surface area contributed by atoms with Gasteiger partial charge in [0, 0.05) is 15.7 Å². The van der Waals surface area contributed by atoms with Crippen LogP contribution in [0.4, 0.5) is 0 Å². The Bertz CT molecular complexity index is 449. The summed E-state index contributed by atoms with van der Waals surface area (Å²) in [5.41, 5.74) is 0.0987. The molecular weight excluding hydrogens is 357 g/mol. The summed E-state index contributed by atoms with van der Waals surface area (Å²) >= 11 is 2.18. The van der Waals surface area contributed by atoms with Crippen LogP contribution in [0.1, 0.15) is 37.6 Å². The van der Waals surface area contributed by atoms with Gasteiger partial charge in [0.1, 0.15) is 5.60 Å². The monoisotopic (exact) mass is 375 g/mol. The van der Waals surface area contributed by atoms with Crippen LogP contribution in [-0.2, 0) is 9.53 Å². The molecular formula is C14H18INO3. The van der Waals surface area contributed by atoms with E-state index in [-0.39, 0.29) is 24.8 Å². The van der Waals surface area contributed by atoms with Crippen molar-refractivity contribution in [2.45, 2.75) is 32.8 Å². The standard InChI is InChI=1S/C14H18INO3/c1-14(2,3)19-12(17)8-9-16-13(18)10-4-6-11(15)7-5-10/h4-7H,8-9H2,1-3H3,(H,16,18). The molecule has 4 nitrogen and oxygen atoms in total. The number of esters is 1. The lowest BCUT2D eigenvalue weighted by Crippen LogP contribution is -2.29. The number of rotatable bonds is 4. The number of benzene rings is 1. The van der Waals surface area contributed by atoms with Crippen LogP contribution in [0.15, 0.2) is 24.3 Å². The zero-order valence-corrected chi connectivity index (χ0v) is 13.5. The zero-order chi connectivity index (χ0) is 14.5. The SMILES string of the molecule is CC(C)(C)OC(=O)CCNC(=O)c1ccc(I)cc1. The van der Waals surface area contributed by atoms with Crippen molar-refractivity contribution in [2.75, 3.05) is 6.54 Å². The summed E-state index contributed by atoms with van der Waals surface area (Å²) < 4.78 is 6.22. The minimum absolute atomic E-state index is 0.174. The van der Waals surface area contributed by atoms with E-state index in [0.29, 0.717) is 5.56 Å². The molecule has 0 aliphatic rings. The van der Waals surface area contributed by atoms with Crippen LogP contribution in [0, 0.1) is 3.57 Å².